The van der Waals surface area contributed by atoms with Gasteiger partial charge in [0.1, 0.15) is 16.4 Å². The topological polar surface area (TPSA) is 90.0 Å². The van der Waals surface area contributed by atoms with E-state index in [1.807, 2.05) is 6.92 Å². The molecule has 0 saturated carbocycles. The van der Waals surface area contributed by atoms with E-state index in [4.69, 9.17) is 9.47 Å². The zero-order valence-corrected chi connectivity index (χ0v) is 16.6. The maximum atomic E-state index is 13.3. The molecule has 1 aromatic carbocycles. The number of hydrogen-bond donors (Lipinski definition) is 0. The van der Waals surface area contributed by atoms with Gasteiger partial charge in [0.25, 0.3) is 0 Å². The molecule has 25 heavy (non-hydrogen) atoms. The van der Waals surface area contributed by atoms with E-state index in [0.717, 1.165) is 0 Å². The fourth-order valence-corrected chi connectivity index (χ4v) is 6.92. The maximum Gasteiger partial charge on any atom is 0.247 e. The Hall–Kier alpha value is -1.32. The van der Waals surface area contributed by atoms with Crippen molar-refractivity contribution in [1.82, 2.24) is 4.31 Å². The summed E-state index contributed by atoms with van der Waals surface area (Å²) in [7, 11) is -4.26. The number of hydrogen-bond acceptors (Lipinski definition) is 6. The molecule has 2 rings (SSSR count). The predicted molar refractivity (Wildman–Crippen MR) is 95.4 cm³/mol. The lowest BCUT2D eigenvalue weighted by atomic mass is 10.2. The van der Waals surface area contributed by atoms with Gasteiger partial charge in [-0.2, -0.15) is 4.31 Å². The third kappa shape index (κ3) is 4.09. The lowest BCUT2D eigenvalue weighted by molar-refractivity contribution is 0.270. The Labute approximate surface area is 149 Å². The summed E-state index contributed by atoms with van der Waals surface area (Å²) in [6.07, 6.45) is 0.888. The van der Waals surface area contributed by atoms with Gasteiger partial charge in [-0.15, -0.1) is 0 Å². The van der Waals surface area contributed by atoms with Crippen molar-refractivity contribution in [2.24, 2.45) is 0 Å². The van der Waals surface area contributed by atoms with Crippen molar-refractivity contribution < 1.29 is 26.3 Å². The Balaban J connectivity index is 2.53. The van der Waals surface area contributed by atoms with Crippen molar-refractivity contribution in [2.45, 2.75) is 43.7 Å². The molecule has 9 heteroatoms. The highest BCUT2D eigenvalue weighted by atomic mass is 32.2. The van der Waals surface area contributed by atoms with Gasteiger partial charge >= 0.3 is 0 Å². The standard InChI is InChI=1S/C16H25NO6S2/c1-5-12(2)17(13-8-9-24(18,19)11-13)25(20,21)16-7-6-14(22-3)10-15(16)23-4/h6-7,10,12-13H,5,8-9,11H2,1-4H3/t12-,13+/m1/s1. The molecule has 0 aromatic heterocycles. The number of benzene rings is 1. The van der Waals surface area contributed by atoms with Crippen LogP contribution in [0.5, 0.6) is 11.5 Å². The van der Waals surface area contributed by atoms with Crippen molar-refractivity contribution in [3.05, 3.63) is 18.2 Å². The predicted octanol–water partition coefficient (Wildman–Crippen LogP) is 1.68. The molecule has 1 aliphatic heterocycles. The number of rotatable bonds is 7. The van der Waals surface area contributed by atoms with Gasteiger partial charge in [-0.05, 0) is 31.9 Å². The third-order valence-electron chi connectivity index (χ3n) is 4.52. The van der Waals surface area contributed by atoms with Gasteiger partial charge in [0, 0.05) is 18.2 Å². The number of sulfone groups is 1. The quantitative estimate of drug-likeness (QED) is 0.702. The molecule has 1 fully saturated rings. The zero-order chi connectivity index (χ0) is 18.8. The molecule has 0 spiro atoms. The summed E-state index contributed by atoms with van der Waals surface area (Å²) in [5.74, 6) is 0.525. The number of nitrogens with zero attached hydrogens (tertiary/aromatic N) is 1. The highest BCUT2D eigenvalue weighted by Crippen LogP contribution is 2.34. The highest BCUT2D eigenvalue weighted by molar-refractivity contribution is 7.92. The van der Waals surface area contributed by atoms with Crippen LogP contribution >= 0.6 is 0 Å². The smallest absolute Gasteiger partial charge is 0.247 e. The van der Waals surface area contributed by atoms with Crippen LogP contribution in [-0.2, 0) is 19.9 Å². The van der Waals surface area contributed by atoms with Gasteiger partial charge in [-0.1, -0.05) is 6.92 Å². The van der Waals surface area contributed by atoms with E-state index in [1.54, 1.807) is 13.0 Å². The zero-order valence-electron chi connectivity index (χ0n) is 14.9. The fourth-order valence-electron chi connectivity index (χ4n) is 3.05. The average Bonchev–Trinajstić information content (AvgIpc) is 2.93. The Morgan fingerprint density at radius 2 is 1.96 bits per heavy atom. The van der Waals surface area contributed by atoms with Crippen LogP contribution in [0.2, 0.25) is 0 Å². The van der Waals surface area contributed by atoms with Gasteiger partial charge in [-0.3, -0.25) is 0 Å². The SMILES string of the molecule is CC[C@@H](C)N([C@H]1CCS(=O)(=O)C1)S(=O)(=O)c1ccc(OC)cc1OC. The van der Waals surface area contributed by atoms with E-state index in [2.05, 4.69) is 0 Å². The lowest BCUT2D eigenvalue weighted by Gasteiger charge is -2.32. The minimum Gasteiger partial charge on any atom is -0.497 e. The van der Waals surface area contributed by atoms with Crippen molar-refractivity contribution in [1.29, 1.82) is 0 Å². The summed E-state index contributed by atoms with van der Waals surface area (Å²) in [6.45, 7) is 3.67. The average molecular weight is 392 g/mol. The minimum absolute atomic E-state index is 0.0138. The van der Waals surface area contributed by atoms with Crippen LogP contribution in [0, 0.1) is 0 Å². The molecule has 0 N–H and O–H groups in total. The van der Waals surface area contributed by atoms with Crippen molar-refractivity contribution in [2.75, 3.05) is 25.7 Å². The second-order valence-electron chi connectivity index (χ2n) is 6.17. The first-order chi connectivity index (χ1) is 11.7. The highest BCUT2D eigenvalue weighted by Gasteiger charge is 2.41. The molecule has 0 bridgehead atoms. The van der Waals surface area contributed by atoms with Crippen molar-refractivity contribution in [3.63, 3.8) is 0 Å². The molecule has 2 atom stereocenters. The summed E-state index contributed by atoms with van der Waals surface area (Å²) in [4.78, 5) is 0.0143. The molecular weight excluding hydrogens is 366 g/mol. The van der Waals surface area contributed by atoms with Gasteiger partial charge in [-0.25, -0.2) is 16.8 Å². The Kier molecular flexibility index (Phi) is 6.01. The van der Waals surface area contributed by atoms with Gasteiger partial charge in [0.2, 0.25) is 10.0 Å². The Morgan fingerprint density at radius 3 is 2.44 bits per heavy atom. The summed E-state index contributed by atoms with van der Waals surface area (Å²) >= 11 is 0. The third-order valence-corrected chi connectivity index (χ3v) is 8.38. The second kappa shape index (κ2) is 7.51. The molecule has 0 unspecified atom stereocenters. The molecule has 1 aromatic rings. The normalized spacial score (nSPS) is 21.2. The van der Waals surface area contributed by atoms with Gasteiger partial charge in [0.05, 0.1) is 25.7 Å². The first-order valence-electron chi connectivity index (χ1n) is 8.12. The van der Waals surface area contributed by atoms with Crippen molar-refractivity contribution in [3.8, 4) is 11.5 Å². The Morgan fingerprint density at radius 1 is 1.28 bits per heavy atom. The van der Waals surface area contributed by atoms with Crippen LogP contribution in [0.15, 0.2) is 23.1 Å². The van der Waals surface area contributed by atoms with E-state index in [1.165, 1.54) is 30.7 Å². The van der Waals surface area contributed by atoms with Gasteiger partial charge in [0.15, 0.2) is 9.84 Å². The first-order valence-corrected chi connectivity index (χ1v) is 11.4. The largest absolute Gasteiger partial charge is 0.497 e. The molecule has 0 amide bonds. The fraction of sp³-hybridized carbons (Fsp3) is 0.625. The number of sulfonamides is 1. The molecule has 0 aliphatic carbocycles. The summed E-state index contributed by atoms with van der Waals surface area (Å²) in [5, 5.41) is 0. The van der Waals surface area contributed by atoms with Crippen LogP contribution in [-0.4, -0.2) is 58.9 Å². The monoisotopic (exact) mass is 391 g/mol. The van der Waals surface area contributed by atoms with E-state index in [9.17, 15) is 16.8 Å². The van der Waals surface area contributed by atoms with E-state index >= 15 is 0 Å². The first kappa shape index (κ1) is 20.0. The number of methoxy groups -OCH3 is 2. The maximum absolute atomic E-state index is 13.3. The lowest BCUT2D eigenvalue weighted by Crippen LogP contribution is -2.46. The van der Waals surface area contributed by atoms with E-state index in [0.29, 0.717) is 18.6 Å². The molecule has 1 heterocycles. The summed E-state index contributed by atoms with van der Waals surface area (Å²) < 4.78 is 62.1. The molecule has 7 nitrogen and oxygen atoms in total. The van der Waals surface area contributed by atoms with Crippen LogP contribution in [0.4, 0.5) is 0 Å². The molecular formula is C16H25NO6S2. The van der Waals surface area contributed by atoms with Crippen molar-refractivity contribution >= 4 is 19.9 Å². The summed E-state index contributed by atoms with van der Waals surface area (Å²) in [5.41, 5.74) is 0. The molecule has 1 aliphatic rings. The van der Waals surface area contributed by atoms with E-state index in [-0.39, 0.29) is 28.2 Å². The number of ether oxygens (including phenoxy) is 2. The van der Waals surface area contributed by atoms with Crippen LogP contribution in [0.25, 0.3) is 0 Å². The van der Waals surface area contributed by atoms with Gasteiger partial charge < -0.3 is 9.47 Å². The second-order valence-corrected chi connectivity index (χ2v) is 10.2. The van der Waals surface area contributed by atoms with E-state index < -0.39 is 25.9 Å². The summed E-state index contributed by atoms with van der Waals surface area (Å²) in [6, 6.07) is 3.61. The van der Waals surface area contributed by atoms with Crippen LogP contribution in [0.1, 0.15) is 26.7 Å². The molecule has 1 saturated heterocycles. The minimum atomic E-state index is -3.93. The molecule has 0 radical (unpaired) electrons. The molecule has 142 valence electrons. The van der Waals surface area contributed by atoms with Crippen LogP contribution in [0.3, 0.4) is 0 Å². The van der Waals surface area contributed by atoms with Crippen LogP contribution < -0.4 is 9.47 Å². The Bertz CT molecular complexity index is 819.